The summed E-state index contributed by atoms with van der Waals surface area (Å²) in [5, 5.41) is 7.96. The van der Waals surface area contributed by atoms with Crippen molar-refractivity contribution in [1.82, 2.24) is 15.1 Å². The summed E-state index contributed by atoms with van der Waals surface area (Å²) in [6.45, 7) is 9.74. The van der Waals surface area contributed by atoms with Gasteiger partial charge in [0.05, 0.1) is 11.1 Å². The molecule has 0 atom stereocenters. The third-order valence-corrected chi connectivity index (χ3v) is 4.95. The van der Waals surface area contributed by atoms with Crippen LogP contribution in [0, 0.1) is 11.5 Å². The van der Waals surface area contributed by atoms with E-state index in [1.165, 1.54) is 0 Å². The van der Waals surface area contributed by atoms with E-state index >= 15 is 0 Å². The summed E-state index contributed by atoms with van der Waals surface area (Å²) in [6.07, 6.45) is 0. The molecule has 1 N–H and O–H groups in total. The van der Waals surface area contributed by atoms with Gasteiger partial charge in [-0.1, -0.05) is 35.6 Å². The first kappa shape index (κ1) is 21.2. The van der Waals surface area contributed by atoms with Crippen LogP contribution < -0.4 is 5.32 Å². The Morgan fingerprint density at radius 2 is 2.00 bits per heavy atom. The van der Waals surface area contributed by atoms with Crippen molar-refractivity contribution < 1.29 is 14.3 Å². The van der Waals surface area contributed by atoms with E-state index in [2.05, 4.69) is 37.8 Å². The Labute approximate surface area is 168 Å². The second kappa shape index (κ2) is 7.86. The average Bonchev–Trinajstić information content (AvgIpc) is 2.87. The number of nitrogens with one attached hydrogen (secondary N) is 1. The first-order valence-electron chi connectivity index (χ1n) is 8.53. The van der Waals surface area contributed by atoms with Crippen LogP contribution in [0.25, 0.3) is 10.9 Å². The number of halogens is 1. The second-order valence-electron chi connectivity index (χ2n) is 8.05. The van der Waals surface area contributed by atoms with Gasteiger partial charge in [0.25, 0.3) is 5.91 Å². The fraction of sp³-hybridized carbons (Fsp3) is 0.421. The van der Waals surface area contributed by atoms with Crippen LogP contribution in [-0.2, 0) is 16.6 Å². The monoisotopic (exact) mass is 449 g/mol. The topological polar surface area (TPSA) is 73.2 Å². The number of nitrogens with zero attached hydrogens (tertiary/aromatic N) is 2. The zero-order valence-corrected chi connectivity index (χ0v) is 19.0. The molecule has 0 bridgehead atoms. The van der Waals surface area contributed by atoms with E-state index in [1.54, 1.807) is 25.6 Å². The summed E-state index contributed by atoms with van der Waals surface area (Å²) in [7, 11) is 0.149. The number of benzene rings is 1. The number of esters is 1. The quantitative estimate of drug-likeness (QED) is 0.441. The van der Waals surface area contributed by atoms with Crippen molar-refractivity contribution in [3.05, 3.63) is 28.4 Å². The minimum Gasteiger partial charge on any atom is -0.454 e. The number of carbonyl (C=O) groups is 2. The van der Waals surface area contributed by atoms with Crippen molar-refractivity contribution >= 4 is 46.8 Å². The first-order valence-corrected chi connectivity index (χ1v) is 12.8. The standard InChI is InChI=1S/C19H24BrN3O3Si/c1-19(2,12-26-16(24)9-10-27(4,5)6)21-18(25)17-14-8-7-13(20)11-15(14)23(3)22-17/h7-8,11H,12H2,1-6H3,(H,21,25). The van der Waals surface area contributed by atoms with Crippen LogP contribution >= 0.6 is 15.9 Å². The van der Waals surface area contributed by atoms with Gasteiger partial charge in [0.2, 0.25) is 0 Å². The molecule has 0 unspecified atom stereocenters. The Hall–Kier alpha value is -2.11. The van der Waals surface area contributed by atoms with Crippen molar-refractivity contribution in [2.45, 2.75) is 39.0 Å². The number of aromatic nitrogens is 2. The van der Waals surface area contributed by atoms with E-state index in [0.717, 1.165) is 15.4 Å². The lowest BCUT2D eigenvalue weighted by Crippen LogP contribution is -2.47. The van der Waals surface area contributed by atoms with Gasteiger partial charge in [0.15, 0.2) is 5.69 Å². The molecule has 0 aliphatic heterocycles. The molecular formula is C19H24BrN3O3Si. The number of rotatable bonds is 4. The largest absolute Gasteiger partial charge is 0.454 e. The molecule has 0 saturated carbocycles. The molecule has 0 radical (unpaired) electrons. The van der Waals surface area contributed by atoms with Crippen LogP contribution in [0.4, 0.5) is 0 Å². The summed E-state index contributed by atoms with van der Waals surface area (Å²) in [4.78, 5) is 24.5. The van der Waals surface area contributed by atoms with Crippen molar-refractivity contribution in [2.75, 3.05) is 6.61 Å². The van der Waals surface area contributed by atoms with E-state index in [-0.39, 0.29) is 12.5 Å². The number of hydrogen-bond acceptors (Lipinski definition) is 4. The van der Waals surface area contributed by atoms with Crippen LogP contribution in [0.3, 0.4) is 0 Å². The third kappa shape index (κ3) is 5.94. The number of aryl methyl sites for hydroxylation is 1. The lowest BCUT2D eigenvalue weighted by molar-refractivity contribution is -0.138. The maximum Gasteiger partial charge on any atom is 0.383 e. The summed E-state index contributed by atoms with van der Waals surface area (Å²) >= 11 is 3.42. The Morgan fingerprint density at radius 1 is 1.33 bits per heavy atom. The van der Waals surface area contributed by atoms with Gasteiger partial charge in [-0.2, -0.15) is 5.10 Å². The summed E-state index contributed by atoms with van der Waals surface area (Å²) in [5.74, 6) is 1.63. The van der Waals surface area contributed by atoms with Gasteiger partial charge in [-0.05, 0) is 32.0 Å². The fourth-order valence-electron chi connectivity index (χ4n) is 2.32. The lowest BCUT2D eigenvalue weighted by Gasteiger charge is -2.24. The van der Waals surface area contributed by atoms with Gasteiger partial charge in [-0.15, -0.1) is 5.54 Å². The number of ether oxygens (including phenoxy) is 1. The van der Waals surface area contributed by atoms with E-state index < -0.39 is 19.6 Å². The van der Waals surface area contributed by atoms with Crippen molar-refractivity contribution in [2.24, 2.45) is 7.05 Å². The van der Waals surface area contributed by atoms with Gasteiger partial charge >= 0.3 is 5.97 Å². The predicted octanol–water partition coefficient (Wildman–Crippen LogP) is 3.27. The summed E-state index contributed by atoms with van der Waals surface area (Å²) < 4.78 is 7.78. The first-order chi connectivity index (χ1) is 12.4. The molecule has 2 aromatic rings. The van der Waals surface area contributed by atoms with Crippen LogP contribution in [0.15, 0.2) is 22.7 Å². The van der Waals surface area contributed by atoms with Gasteiger partial charge in [0, 0.05) is 22.8 Å². The van der Waals surface area contributed by atoms with Crippen molar-refractivity contribution in [3.8, 4) is 11.5 Å². The molecule has 2 rings (SSSR count). The van der Waals surface area contributed by atoms with Crippen molar-refractivity contribution in [3.63, 3.8) is 0 Å². The third-order valence-electron chi connectivity index (χ3n) is 3.58. The summed E-state index contributed by atoms with van der Waals surface area (Å²) in [6, 6.07) is 5.62. The summed E-state index contributed by atoms with van der Waals surface area (Å²) in [5.41, 5.74) is 3.38. The molecule has 8 heteroatoms. The molecule has 1 amide bonds. The minimum atomic E-state index is -1.64. The molecule has 144 valence electrons. The molecule has 6 nitrogen and oxygen atoms in total. The highest BCUT2D eigenvalue weighted by Crippen LogP contribution is 2.22. The van der Waals surface area contributed by atoms with E-state index in [1.807, 2.05) is 37.8 Å². The van der Waals surface area contributed by atoms with Gasteiger partial charge in [-0.3, -0.25) is 9.48 Å². The van der Waals surface area contributed by atoms with E-state index in [0.29, 0.717) is 5.69 Å². The average molecular weight is 450 g/mol. The smallest absolute Gasteiger partial charge is 0.383 e. The molecule has 0 aliphatic carbocycles. The number of amides is 1. The fourth-order valence-corrected chi connectivity index (χ4v) is 3.15. The molecule has 0 aliphatic rings. The second-order valence-corrected chi connectivity index (χ2v) is 13.7. The minimum absolute atomic E-state index is 0.0221. The number of hydrogen-bond donors (Lipinski definition) is 1. The van der Waals surface area contributed by atoms with Crippen LogP contribution in [0.2, 0.25) is 19.6 Å². The Balaban J connectivity index is 2.08. The molecule has 1 aromatic heterocycles. The molecule has 0 spiro atoms. The van der Waals surface area contributed by atoms with E-state index in [4.69, 9.17) is 4.74 Å². The molecule has 0 saturated heterocycles. The molecule has 27 heavy (non-hydrogen) atoms. The highest BCUT2D eigenvalue weighted by molar-refractivity contribution is 9.10. The Bertz CT molecular complexity index is 949. The molecular weight excluding hydrogens is 426 g/mol. The normalized spacial score (nSPS) is 11.7. The highest BCUT2D eigenvalue weighted by Gasteiger charge is 2.26. The van der Waals surface area contributed by atoms with Crippen LogP contribution in [0.5, 0.6) is 0 Å². The van der Waals surface area contributed by atoms with Crippen molar-refractivity contribution in [1.29, 1.82) is 0 Å². The zero-order chi connectivity index (χ0) is 20.4. The molecule has 1 aromatic carbocycles. The van der Waals surface area contributed by atoms with Crippen LogP contribution in [0.1, 0.15) is 24.3 Å². The Morgan fingerprint density at radius 3 is 2.63 bits per heavy atom. The number of carbonyl (C=O) groups excluding carboxylic acids is 2. The SMILES string of the molecule is Cn1nc(C(=O)NC(C)(C)COC(=O)C#C[Si](C)(C)C)c2ccc(Br)cc21. The Kier molecular flexibility index (Phi) is 6.17. The maximum atomic E-state index is 12.7. The number of fused-ring (bicyclic) bond motifs is 1. The van der Waals surface area contributed by atoms with Crippen LogP contribution in [-0.4, -0.2) is 41.9 Å². The predicted molar refractivity (Wildman–Crippen MR) is 112 cm³/mol. The lowest BCUT2D eigenvalue weighted by atomic mass is 10.1. The molecule has 0 fully saturated rings. The van der Waals surface area contributed by atoms with Gasteiger partial charge < -0.3 is 10.1 Å². The van der Waals surface area contributed by atoms with E-state index in [9.17, 15) is 9.59 Å². The zero-order valence-electron chi connectivity index (χ0n) is 16.4. The highest BCUT2D eigenvalue weighted by atomic mass is 79.9. The maximum absolute atomic E-state index is 12.7. The van der Waals surface area contributed by atoms with Gasteiger partial charge in [-0.25, -0.2) is 4.79 Å². The van der Waals surface area contributed by atoms with Gasteiger partial charge in [0.1, 0.15) is 14.7 Å². The molecule has 1 heterocycles.